The van der Waals surface area contributed by atoms with Crippen molar-refractivity contribution >= 4 is 12.0 Å². The van der Waals surface area contributed by atoms with Crippen molar-refractivity contribution in [3.63, 3.8) is 0 Å². The standard InChI is InChI=1S/C14H24N2O3/c1-15(10-8-13(17)18)14(19)16-9-4-6-11-5-2-3-7-12(11)16/h11-12H,2-10H2,1H3,(H,17,18)/t11-,12-/m1/s1. The molecule has 1 N–H and O–H groups in total. The number of urea groups is 1. The summed E-state index contributed by atoms with van der Waals surface area (Å²) in [5.74, 6) is -0.187. The number of amides is 2. The van der Waals surface area contributed by atoms with Gasteiger partial charge >= 0.3 is 12.0 Å². The summed E-state index contributed by atoms with van der Waals surface area (Å²) >= 11 is 0. The fraction of sp³-hybridized carbons (Fsp3) is 0.857. The molecule has 2 aliphatic rings. The molecule has 2 rings (SSSR count). The molecule has 0 aromatic rings. The van der Waals surface area contributed by atoms with Gasteiger partial charge < -0.3 is 14.9 Å². The van der Waals surface area contributed by atoms with Gasteiger partial charge in [-0.1, -0.05) is 12.8 Å². The Kier molecular flexibility index (Phi) is 4.66. The second-order valence-corrected chi connectivity index (χ2v) is 5.80. The van der Waals surface area contributed by atoms with E-state index in [0.717, 1.165) is 19.4 Å². The third-order valence-electron chi connectivity index (χ3n) is 4.48. The normalized spacial score (nSPS) is 26.7. The van der Waals surface area contributed by atoms with Crippen LogP contribution in [0.2, 0.25) is 0 Å². The molecule has 5 nitrogen and oxygen atoms in total. The monoisotopic (exact) mass is 268 g/mol. The molecule has 19 heavy (non-hydrogen) atoms. The van der Waals surface area contributed by atoms with Gasteiger partial charge in [-0.05, 0) is 31.6 Å². The second-order valence-electron chi connectivity index (χ2n) is 5.80. The number of hydrogen-bond donors (Lipinski definition) is 1. The van der Waals surface area contributed by atoms with Gasteiger partial charge in [-0.2, -0.15) is 0 Å². The van der Waals surface area contributed by atoms with E-state index in [1.807, 2.05) is 4.90 Å². The first kappa shape index (κ1) is 14.2. The highest BCUT2D eigenvalue weighted by Crippen LogP contribution is 2.35. The lowest BCUT2D eigenvalue weighted by Crippen LogP contribution is -2.53. The van der Waals surface area contributed by atoms with Crippen LogP contribution in [0.1, 0.15) is 44.9 Å². The zero-order valence-corrected chi connectivity index (χ0v) is 11.7. The van der Waals surface area contributed by atoms with Crippen LogP contribution < -0.4 is 0 Å². The Morgan fingerprint density at radius 3 is 2.63 bits per heavy atom. The minimum Gasteiger partial charge on any atom is -0.481 e. The van der Waals surface area contributed by atoms with Crippen LogP contribution in [0.15, 0.2) is 0 Å². The highest BCUT2D eigenvalue weighted by molar-refractivity contribution is 5.75. The van der Waals surface area contributed by atoms with Crippen molar-refractivity contribution in [3.8, 4) is 0 Å². The van der Waals surface area contributed by atoms with Gasteiger partial charge in [-0.15, -0.1) is 0 Å². The van der Waals surface area contributed by atoms with Gasteiger partial charge in [0.25, 0.3) is 0 Å². The summed E-state index contributed by atoms with van der Waals surface area (Å²) in [6, 6.07) is 0.403. The largest absolute Gasteiger partial charge is 0.481 e. The number of carbonyl (C=O) groups is 2. The number of aliphatic carboxylic acids is 1. The summed E-state index contributed by atoms with van der Waals surface area (Å²) in [5.41, 5.74) is 0. The van der Waals surface area contributed by atoms with Crippen LogP contribution >= 0.6 is 0 Å². The Balaban J connectivity index is 1.94. The third-order valence-corrected chi connectivity index (χ3v) is 4.48. The lowest BCUT2D eigenvalue weighted by molar-refractivity contribution is -0.137. The number of carboxylic acids is 1. The molecule has 0 aromatic carbocycles. The molecule has 2 amide bonds. The maximum absolute atomic E-state index is 12.4. The fourth-order valence-corrected chi connectivity index (χ4v) is 3.44. The molecule has 1 saturated carbocycles. The Labute approximate surface area is 114 Å². The number of carbonyl (C=O) groups excluding carboxylic acids is 1. The number of nitrogens with zero attached hydrogens (tertiary/aromatic N) is 2. The fourth-order valence-electron chi connectivity index (χ4n) is 3.44. The predicted molar refractivity (Wildman–Crippen MR) is 72.0 cm³/mol. The summed E-state index contributed by atoms with van der Waals surface area (Å²) in [7, 11) is 1.71. The topological polar surface area (TPSA) is 60.9 Å². The van der Waals surface area contributed by atoms with Crippen molar-refractivity contribution in [1.29, 1.82) is 0 Å². The number of rotatable bonds is 3. The van der Waals surface area contributed by atoms with Crippen molar-refractivity contribution in [3.05, 3.63) is 0 Å². The van der Waals surface area contributed by atoms with E-state index >= 15 is 0 Å². The summed E-state index contributed by atoms with van der Waals surface area (Å²) in [4.78, 5) is 26.6. The van der Waals surface area contributed by atoms with Gasteiger partial charge in [-0.25, -0.2) is 4.79 Å². The number of hydrogen-bond acceptors (Lipinski definition) is 2. The van der Waals surface area contributed by atoms with Crippen molar-refractivity contribution in [1.82, 2.24) is 9.80 Å². The molecule has 0 unspecified atom stereocenters. The van der Waals surface area contributed by atoms with Crippen molar-refractivity contribution < 1.29 is 14.7 Å². The number of carboxylic acid groups (broad SMARTS) is 1. The average Bonchev–Trinajstić information content (AvgIpc) is 2.43. The summed E-state index contributed by atoms with van der Waals surface area (Å²) in [6.45, 7) is 1.12. The van der Waals surface area contributed by atoms with Crippen LogP contribution in [0.5, 0.6) is 0 Å². The van der Waals surface area contributed by atoms with Gasteiger partial charge in [0.15, 0.2) is 0 Å². The highest BCUT2D eigenvalue weighted by Gasteiger charge is 2.36. The zero-order valence-electron chi connectivity index (χ0n) is 11.7. The highest BCUT2D eigenvalue weighted by atomic mass is 16.4. The van der Waals surface area contributed by atoms with Crippen LogP contribution in [0.25, 0.3) is 0 Å². The second kappa shape index (κ2) is 6.26. The molecular formula is C14H24N2O3. The zero-order chi connectivity index (χ0) is 13.8. The van der Waals surface area contributed by atoms with Crippen LogP contribution in [-0.2, 0) is 4.79 Å². The quantitative estimate of drug-likeness (QED) is 0.853. The van der Waals surface area contributed by atoms with E-state index in [0.29, 0.717) is 18.5 Å². The summed E-state index contributed by atoms with van der Waals surface area (Å²) < 4.78 is 0. The number of piperidine rings is 1. The first-order valence-corrected chi connectivity index (χ1v) is 7.33. The average molecular weight is 268 g/mol. The smallest absolute Gasteiger partial charge is 0.320 e. The molecule has 5 heteroatoms. The van der Waals surface area contributed by atoms with E-state index < -0.39 is 5.97 Å². The Hall–Kier alpha value is -1.26. The molecule has 0 radical (unpaired) electrons. The van der Waals surface area contributed by atoms with Crippen molar-refractivity contribution in [2.75, 3.05) is 20.1 Å². The van der Waals surface area contributed by atoms with Crippen LogP contribution in [-0.4, -0.2) is 53.1 Å². The molecule has 2 fully saturated rings. The molecule has 1 aliphatic carbocycles. The molecule has 1 aliphatic heterocycles. The predicted octanol–water partition coefficient (Wildman–Crippen LogP) is 2.17. The molecule has 0 bridgehead atoms. The van der Waals surface area contributed by atoms with Gasteiger partial charge in [-0.3, -0.25) is 4.79 Å². The number of fused-ring (bicyclic) bond motifs is 1. The molecule has 108 valence electrons. The molecular weight excluding hydrogens is 244 g/mol. The first-order valence-electron chi connectivity index (χ1n) is 7.33. The SMILES string of the molecule is CN(CCC(=O)O)C(=O)N1CCC[C@H]2CCCC[C@H]21. The summed E-state index contributed by atoms with van der Waals surface area (Å²) in [6.07, 6.45) is 7.20. The Morgan fingerprint density at radius 2 is 1.89 bits per heavy atom. The van der Waals surface area contributed by atoms with Crippen LogP contribution in [0, 0.1) is 5.92 Å². The molecule has 0 spiro atoms. The van der Waals surface area contributed by atoms with E-state index in [1.165, 1.54) is 25.7 Å². The third kappa shape index (κ3) is 3.39. The molecule has 1 saturated heterocycles. The lowest BCUT2D eigenvalue weighted by atomic mass is 9.78. The Morgan fingerprint density at radius 1 is 1.21 bits per heavy atom. The van der Waals surface area contributed by atoms with Gasteiger partial charge in [0.1, 0.15) is 0 Å². The van der Waals surface area contributed by atoms with Crippen LogP contribution in [0.3, 0.4) is 0 Å². The molecule has 0 aromatic heterocycles. The van der Waals surface area contributed by atoms with Crippen molar-refractivity contribution in [2.45, 2.75) is 51.0 Å². The van der Waals surface area contributed by atoms with Gasteiger partial charge in [0.2, 0.25) is 0 Å². The maximum Gasteiger partial charge on any atom is 0.320 e. The van der Waals surface area contributed by atoms with E-state index in [4.69, 9.17) is 5.11 Å². The van der Waals surface area contributed by atoms with E-state index in [9.17, 15) is 9.59 Å². The first-order chi connectivity index (χ1) is 9.09. The molecule has 1 heterocycles. The minimum absolute atomic E-state index is 0.0119. The summed E-state index contributed by atoms with van der Waals surface area (Å²) in [5, 5.41) is 8.69. The van der Waals surface area contributed by atoms with Crippen LogP contribution in [0.4, 0.5) is 4.79 Å². The van der Waals surface area contributed by atoms with E-state index in [2.05, 4.69) is 0 Å². The van der Waals surface area contributed by atoms with E-state index in [1.54, 1.807) is 11.9 Å². The Bertz CT molecular complexity index is 344. The number of likely N-dealkylation sites (tertiary alicyclic amines) is 1. The maximum atomic E-state index is 12.4. The van der Waals surface area contributed by atoms with Gasteiger partial charge in [0, 0.05) is 26.2 Å². The minimum atomic E-state index is -0.853. The van der Waals surface area contributed by atoms with E-state index in [-0.39, 0.29) is 12.5 Å². The molecule has 2 atom stereocenters. The van der Waals surface area contributed by atoms with Crippen molar-refractivity contribution in [2.24, 2.45) is 5.92 Å². The van der Waals surface area contributed by atoms with Gasteiger partial charge in [0.05, 0.1) is 6.42 Å². The lowest BCUT2D eigenvalue weighted by Gasteiger charge is -2.45.